The molecule has 0 unspecified atom stereocenters. The van der Waals surface area contributed by atoms with Crippen LogP contribution in [0.2, 0.25) is 5.02 Å². The lowest BCUT2D eigenvalue weighted by molar-refractivity contribution is 0.0365. The van der Waals surface area contributed by atoms with Gasteiger partial charge in [0.2, 0.25) is 0 Å². The van der Waals surface area contributed by atoms with E-state index < -0.39 is 0 Å². The Balaban J connectivity index is 1.83. The van der Waals surface area contributed by atoms with Crippen molar-refractivity contribution >= 4 is 28.8 Å². The zero-order valence-electron chi connectivity index (χ0n) is 11.2. The smallest absolute Gasteiger partial charge is 0.152 e. The van der Waals surface area contributed by atoms with Crippen molar-refractivity contribution in [3.05, 3.63) is 35.0 Å². The summed E-state index contributed by atoms with van der Waals surface area (Å²) in [7, 11) is 0. The molecule has 1 fully saturated rings. The number of carbonyl (C=O) groups excluding carboxylic acids is 1. The summed E-state index contributed by atoms with van der Waals surface area (Å²) < 4.78 is 7.46. The Hall–Kier alpha value is -1.36. The summed E-state index contributed by atoms with van der Waals surface area (Å²) in [4.78, 5) is 13.5. The molecule has 106 valence electrons. The van der Waals surface area contributed by atoms with Gasteiger partial charge in [0.1, 0.15) is 0 Å². The summed E-state index contributed by atoms with van der Waals surface area (Å²) in [6.07, 6.45) is 2.82. The van der Waals surface area contributed by atoms with Crippen molar-refractivity contribution in [2.24, 2.45) is 0 Å². The molecule has 2 aromatic rings. The van der Waals surface area contributed by atoms with Crippen LogP contribution in [-0.2, 0) is 11.3 Å². The quantitative estimate of drug-likeness (QED) is 0.812. The molecule has 0 radical (unpaired) electrons. The third-order valence-electron chi connectivity index (χ3n) is 3.76. The Labute approximate surface area is 122 Å². The summed E-state index contributed by atoms with van der Waals surface area (Å²) in [5.41, 5.74) is 1.74. The highest BCUT2D eigenvalue weighted by Crippen LogP contribution is 2.24. The predicted octanol–water partition coefficient (Wildman–Crippen LogP) is 2.44. The third-order valence-corrected chi connectivity index (χ3v) is 4.00. The standard InChI is InChI=1S/C15H17ClN2O2/c16-13-1-2-14-12(11-19)10-18(15(14)9-13)4-3-17-5-7-20-8-6-17/h1-2,9-11H,3-8H2. The van der Waals surface area contributed by atoms with Gasteiger partial charge in [0.05, 0.1) is 18.7 Å². The summed E-state index contributed by atoms with van der Waals surface area (Å²) >= 11 is 6.06. The molecule has 1 aliphatic rings. The summed E-state index contributed by atoms with van der Waals surface area (Å²) in [5, 5.41) is 1.66. The molecule has 5 heteroatoms. The highest BCUT2D eigenvalue weighted by atomic mass is 35.5. The fraction of sp³-hybridized carbons (Fsp3) is 0.400. The topological polar surface area (TPSA) is 34.5 Å². The van der Waals surface area contributed by atoms with Crippen LogP contribution in [-0.4, -0.2) is 48.6 Å². The van der Waals surface area contributed by atoms with Gasteiger partial charge in [0.25, 0.3) is 0 Å². The van der Waals surface area contributed by atoms with Crippen molar-refractivity contribution in [2.75, 3.05) is 32.8 Å². The molecule has 0 aliphatic carbocycles. The van der Waals surface area contributed by atoms with Crippen molar-refractivity contribution in [1.29, 1.82) is 0 Å². The number of ether oxygens (including phenoxy) is 1. The van der Waals surface area contributed by atoms with Crippen molar-refractivity contribution in [3.8, 4) is 0 Å². The molecular weight excluding hydrogens is 276 g/mol. The van der Waals surface area contributed by atoms with Crippen LogP contribution < -0.4 is 0 Å². The number of hydrogen-bond acceptors (Lipinski definition) is 3. The van der Waals surface area contributed by atoms with E-state index in [9.17, 15) is 4.79 Å². The highest BCUT2D eigenvalue weighted by molar-refractivity contribution is 6.31. The monoisotopic (exact) mass is 292 g/mol. The van der Waals surface area contributed by atoms with E-state index in [1.54, 1.807) is 0 Å². The fourth-order valence-corrected chi connectivity index (χ4v) is 2.81. The van der Waals surface area contributed by atoms with E-state index in [0.29, 0.717) is 5.02 Å². The number of nitrogens with zero attached hydrogens (tertiary/aromatic N) is 2. The van der Waals surface area contributed by atoms with Gasteiger partial charge in [-0.1, -0.05) is 17.7 Å². The number of morpholine rings is 1. The van der Waals surface area contributed by atoms with E-state index in [0.717, 1.165) is 62.1 Å². The van der Waals surface area contributed by atoms with Crippen LogP contribution in [0, 0.1) is 0 Å². The van der Waals surface area contributed by atoms with Crippen molar-refractivity contribution < 1.29 is 9.53 Å². The summed E-state index contributed by atoms with van der Waals surface area (Å²) in [5.74, 6) is 0. The molecule has 20 heavy (non-hydrogen) atoms. The van der Waals surface area contributed by atoms with Crippen LogP contribution in [0.3, 0.4) is 0 Å². The molecule has 1 aromatic heterocycles. The summed E-state index contributed by atoms with van der Waals surface area (Å²) in [6.45, 7) is 5.36. The van der Waals surface area contributed by atoms with Gasteiger partial charge in [0.15, 0.2) is 6.29 Å². The summed E-state index contributed by atoms with van der Waals surface area (Å²) in [6, 6.07) is 5.65. The highest BCUT2D eigenvalue weighted by Gasteiger charge is 2.12. The lowest BCUT2D eigenvalue weighted by atomic mass is 10.2. The van der Waals surface area contributed by atoms with Gasteiger partial charge in [-0.2, -0.15) is 0 Å². The maximum atomic E-state index is 11.2. The zero-order chi connectivity index (χ0) is 13.9. The van der Waals surface area contributed by atoms with Crippen LogP contribution in [0.15, 0.2) is 24.4 Å². The molecule has 1 aromatic carbocycles. The zero-order valence-corrected chi connectivity index (χ0v) is 12.0. The van der Waals surface area contributed by atoms with E-state index in [-0.39, 0.29) is 0 Å². The second kappa shape index (κ2) is 5.95. The second-order valence-corrected chi connectivity index (χ2v) is 5.45. The van der Waals surface area contributed by atoms with Crippen LogP contribution in [0.4, 0.5) is 0 Å². The van der Waals surface area contributed by atoms with Crippen molar-refractivity contribution in [1.82, 2.24) is 9.47 Å². The van der Waals surface area contributed by atoms with E-state index in [4.69, 9.17) is 16.3 Å². The van der Waals surface area contributed by atoms with Gasteiger partial charge in [0, 0.05) is 48.3 Å². The SMILES string of the molecule is O=Cc1cn(CCN2CCOCC2)c2cc(Cl)ccc12. The molecular formula is C15H17ClN2O2. The van der Waals surface area contributed by atoms with Crippen LogP contribution in [0.5, 0.6) is 0 Å². The Morgan fingerprint density at radius 3 is 2.80 bits per heavy atom. The third kappa shape index (κ3) is 2.73. The molecule has 0 amide bonds. The number of fused-ring (bicyclic) bond motifs is 1. The van der Waals surface area contributed by atoms with Gasteiger partial charge in [-0.05, 0) is 12.1 Å². The molecule has 0 spiro atoms. The molecule has 0 N–H and O–H groups in total. The second-order valence-electron chi connectivity index (χ2n) is 5.01. The Morgan fingerprint density at radius 2 is 2.05 bits per heavy atom. The lowest BCUT2D eigenvalue weighted by Crippen LogP contribution is -2.38. The molecule has 1 aliphatic heterocycles. The maximum Gasteiger partial charge on any atom is 0.152 e. The van der Waals surface area contributed by atoms with Crippen LogP contribution in [0.25, 0.3) is 10.9 Å². The van der Waals surface area contributed by atoms with Gasteiger partial charge in [-0.15, -0.1) is 0 Å². The number of carbonyl (C=O) groups is 1. The van der Waals surface area contributed by atoms with Gasteiger partial charge in [-0.25, -0.2) is 0 Å². The fourth-order valence-electron chi connectivity index (χ4n) is 2.65. The van der Waals surface area contributed by atoms with Crippen LogP contribution in [0.1, 0.15) is 10.4 Å². The number of halogens is 1. The van der Waals surface area contributed by atoms with E-state index in [1.165, 1.54) is 0 Å². The van der Waals surface area contributed by atoms with Crippen LogP contribution >= 0.6 is 11.6 Å². The minimum atomic E-state index is 0.695. The first kappa shape index (κ1) is 13.6. The lowest BCUT2D eigenvalue weighted by Gasteiger charge is -2.26. The number of aldehydes is 1. The molecule has 0 atom stereocenters. The van der Waals surface area contributed by atoms with Gasteiger partial charge in [-0.3, -0.25) is 9.69 Å². The Kier molecular flexibility index (Phi) is 4.05. The van der Waals surface area contributed by atoms with Crippen molar-refractivity contribution in [3.63, 3.8) is 0 Å². The number of rotatable bonds is 4. The maximum absolute atomic E-state index is 11.2. The molecule has 2 heterocycles. The number of hydrogen-bond donors (Lipinski definition) is 0. The molecule has 0 bridgehead atoms. The molecule has 0 saturated carbocycles. The number of benzene rings is 1. The Morgan fingerprint density at radius 1 is 1.25 bits per heavy atom. The Bertz CT molecular complexity index is 618. The van der Waals surface area contributed by atoms with E-state index in [2.05, 4.69) is 9.47 Å². The average Bonchev–Trinajstić information content (AvgIpc) is 2.83. The van der Waals surface area contributed by atoms with E-state index >= 15 is 0 Å². The van der Waals surface area contributed by atoms with E-state index in [1.807, 2.05) is 24.4 Å². The normalized spacial score (nSPS) is 16.6. The van der Waals surface area contributed by atoms with Gasteiger partial charge < -0.3 is 9.30 Å². The van der Waals surface area contributed by atoms with Crippen molar-refractivity contribution in [2.45, 2.75) is 6.54 Å². The first-order valence-corrected chi connectivity index (χ1v) is 7.19. The largest absolute Gasteiger partial charge is 0.379 e. The minimum absolute atomic E-state index is 0.695. The molecule has 4 nitrogen and oxygen atoms in total. The first-order valence-electron chi connectivity index (χ1n) is 6.81. The molecule has 1 saturated heterocycles. The molecule has 3 rings (SSSR count). The number of aromatic nitrogens is 1. The average molecular weight is 293 g/mol. The minimum Gasteiger partial charge on any atom is -0.379 e. The van der Waals surface area contributed by atoms with Gasteiger partial charge >= 0.3 is 0 Å². The predicted molar refractivity (Wildman–Crippen MR) is 79.6 cm³/mol. The first-order chi connectivity index (χ1) is 9.78.